The third-order valence-corrected chi connectivity index (χ3v) is 3.31. The van der Waals surface area contributed by atoms with Crippen molar-refractivity contribution in [3.63, 3.8) is 0 Å². The summed E-state index contributed by atoms with van der Waals surface area (Å²) in [6, 6.07) is 1.67. The van der Waals surface area contributed by atoms with Crippen molar-refractivity contribution in [2.24, 2.45) is 0 Å². The molecule has 0 aliphatic rings. The Bertz CT molecular complexity index is 538. The summed E-state index contributed by atoms with van der Waals surface area (Å²) in [7, 11) is 1.32. The molecule has 0 aliphatic carbocycles. The molecule has 2 aromatic rings. The van der Waals surface area contributed by atoms with Crippen molar-refractivity contribution >= 4 is 44.7 Å². The van der Waals surface area contributed by atoms with Gasteiger partial charge >= 0.3 is 5.97 Å². The molecule has 2 N–H and O–H groups in total. The Kier molecular flexibility index (Phi) is 2.50. The summed E-state index contributed by atoms with van der Waals surface area (Å²) < 4.78 is 5.44. The van der Waals surface area contributed by atoms with Gasteiger partial charge in [0.05, 0.1) is 12.8 Å². The Morgan fingerprint density at radius 3 is 3.07 bits per heavy atom. The number of aromatic nitrogens is 1. The van der Waals surface area contributed by atoms with Crippen molar-refractivity contribution in [3.05, 3.63) is 22.3 Å². The highest BCUT2D eigenvalue weighted by Gasteiger charge is 2.16. The van der Waals surface area contributed by atoms with E-state index < -0.39 is 5.97 Å². The summed E-state index contributed by atoms with van der Waals surface area (Å²) >= 11 is 6.98. The van der Waals surface area contributed by atoms with Crippen LogP contribution in [0.4, 0.5) is 5.69 Å². The van der Waals surface area contributed by atoms with Gasteiger partial charge in [-0.15, -0.1) is 11.3 Å². The van der Waals surface area contributed by atoms with Crippen molar-refractivity contribution in [2.75, 3.05) is 12.8 Å². The predicted molar refractivity (Wildman–Crippen MR) is 60.4 cm³/mol. The maximum Gasteiger partial charge on any atom is 0.350 e. The smallest absolute Gasteiger partial charge is 0.350 e. The topological polar surface area (TPSA) is 65.2 Å². The molecule has 0 bridgehead atoms. The summed E-state index contributed by atoms with van der Waals surface area (Å²) in [6.45, 7) is 0. The first-order chi connectivity index (χ1) is 7.13. The average Bonchev–Trinajstić information content (AvgIpc) is 2.54. The Morgan fingerprint density at radius 2 is 2.40 bits per heavy atom. The van der Waals surface area contributed by atoms with Crippen LogP contribution in [0.5, 0.6) is 0 Å². The second-order valence-electron chi connectivity index (χ2n) is 2.84. The number of pyridine rings is 1. The molecule has 15 heavy (non-hydrogen) atoms. The van der Waals surface area contributed by atoms with E-state index in [9.17, 15) is 4.79 Å². The fraction of sp³-hybridized carbons (Fsp3) is 0.111. The van der Waals surface area contributed by atoms with Crippen molar-refractivity contribution < 1.29 is 9.53 Å². The Labute approximate surface area is 94.6 Å². The standard InChI is InChI=1S/C9H7ClN2O2S/c1-14-9(13)8-7(11)4-3-12-6(10)2-5(4)15-8/h2-3H,11H2,1H3. The molecular formula is C9H7ClN2O2S. The number of thiophene rings is 1. The molecule has 0 fully saturated rings. The van der Waals surface area contributed by atoms with Gasteiger partial charge in [-0.05, 0) is 6.07 Å². The van der Waals surface area contributed by atoms with Crippen molar-refractivity contribution in [1.82, 2.24) is 4.98 Å². The molecule has 0 unspecified atom stereocenters. The van der Waals surface area contributed by atoms with Crippen LogP contribution in [-0.2, 0) is 4.74 Å². The number of fused-ring (bicyclic) bond motifs is 1. The minimum Gasteiger partial charge on any atom is -0.465 e. The molecular weight excluding hydrogens is 236 g/mol. The number of hydrogen-bond acceptors (Lipinski definition) is 5. The Hall–Kier alpha value is -1.33. The van der Waals surface area contributed by atoms with Gasteiger partial charge in [0.1, 0.15) is 10.0 Å². The number of esters is 1. The minimum absolute atomic E-state index is 0.375. The summed E-state index contributed by atoms with van der Waals surface area (Å²) in [5.41, 5.74) is 6.19. The van der Waals surface area contributed by atoms with Crippen LogP contribution in [0.2, 0.25) is 5.15 Å². The predicted octanol–water partition coefficient (Wildman–Crippen LogP) is 2.32. The van der Waals surface area contributed by atoms with E-state index >= 15 is 0 Å². The van der Waals surface area contributed by atoms with E-state index in [0.29, 0.717) is 15.7 Å². The molecule has 0 aliphatic heterocycles. The van der Waals surface area contributed by atoms with Gasteiger partial charge in [0.2, 0.25) is 0 Å². The van der Waals surface area contributed by atoms with E-state index in [4.69, 9.17) is 17.3 Å². The zero-order valence-electron chi connectivity index (χ0n) is 7.78. The molecule has 4 nitrogen and oxygen atoms in total. The lowest BCUT2D eigenvalue weighted by molar-refractivity contribution is 0.0607. The van der Waals surface area contributed by atoms with Crippen LogP contribution in [0, 0.1) is 0 Å². The number of halogens is 1. The van der Waals surface area contributed by atoms with E-state index in [1.165, 1.54) is 18.4 Å². The van der Waals surface area contributed by atoms with Gasteiger partial charge in [-0.1, -0.05) is 11.6 Å². The monoisotopic (exact) mass is 242 g/mol. The van der Waals surface area contributed by atoms with Gasteiger partial charge in [0.15, 0.2) is 0 Å². The number of nitrogens with two attached hydrogens (primary N) is 1. The van der Waals surface area contributed by atoms with Crippen LogP contribution in [0.1, 0.15) is 9.67 Å². The summed E-state index contributed by atoms with van der Waals surface area (Å²) in [5.74, 6) is -0.440. The molecule has 2 aromatic heterocycles. The average molecular weight is 243 g/mol. The molecule has 0 aromatic carbocycles. The molecule has 0 spiro atoms. The number of rotatable bonds is 1. The number of carbonyl (C=O) groups is 1. The molecule has 2 heterocycles. The SMILES string of the molecule is COC(=O)c1sc2cc(Cl)ncc2c1N. The number of nitrogen functional groups attached to an aromatic ring is 1. The van der Waals surface area contributed by atoms with Crippen LogP contribution < -0.4 is 5.73 Å². The number of hydrogen-bond donors (Lipinski definition) is 1. The van der Waals surface area contributed by atoms with Crippen LogP contribution in [0.3, 0.4) is 0 Å². The summed E-state index contributed by atoms with van der Waals surface area (Å²) in [6.07, 6.45) is 1.55. The molecule has 6 heteroatoms. The molecule has 0 radical (unpaired) electrons. The minimum atomic E-state index is -0.440. The second-order valence-corrected chi connectivity index (χ2v) is 4.28. The highest BCUT2D eigenvalue weighted by atomic mass is 35.5. The largest absolute Gasteiger partial charge is 0.465 e. The van der Waals surface area contributed by atoms with Gasteiger partial charge in [-0.25, -0.2) is 9.78 Å². The van der Waals surface area contributed by atoms with Gasteiger partial charge < -0.3 is 10.5 Å². The number of ether oxygens (including phenoxy) is 1. The van der Waals surface area contributed by atoms with E-state index in [2.05, 4.69) is 9.72 Å². The van der Waals surface area contributed by atoms with Gasteiger partial charge in [0.25, 0.3) is 0 Å². The second kappa shape index (κ2) is 3.67. The lowest BCUT2D eigenvalue weighted by Gasteiger charge is -1.95. The fourth-order valence-electron chi connectivity index (χ4n) is 1.23. The first-order valence-corrected chi connectivity index (χ1v) is 5.24. The van der Waals surface area contributed by atoms with Crippen LogP contribution in [-0.4, -0.2) is 18.1 Å². The van der Waals surface area contributed by atoms with Gasteiger partial charge in [0, 0.05) is 16.3 Å². The lowest BCUT2D eigenvalue weighted by atomic mass is 10.3. The van der Waals surface area contributed by atoms with Crippen molar-refractivity contribution in [1.29, 1.82) is 0 Å². The zero-order valence-corrected chi connectivity index (χ0v) is 9.35. The number of nitrogens with zero attached hydrogens (tertiary/aromatic N) is 1. The Balaban J connectivity index is 2.69. The van der Waals surface area contributed by atoms with E-state index in [0.717, 1.165) is 10.1 Å². The van der Waals surface area contributed by atoms with E-state index in [1.54, 1.807) is 12.3 Å². The maximum absolute atomic E-state index is 11.3. The van der Waals surface area contributed by atoms with Crippen LogP contribution in [0.25, 0.3) is 10.1 Å². The molecule has 0 atom stereocenters. The molecule has 0 saturated heterocycles. The van der Waals surface area contributed by atoms with Gasteiger partial charge in [-0.2, -0.15) is 0 Å². The van der Waals surface area contributed by atoms with Crippen molar-refractivity contribution in [2.45, 2.75) is 0 Å². The van der Waals surface area contributed by atoms with E-state index in [-0.39, 0.29) is 0 Å². The first kappa shape index (κ1) is 10.2. The van der Waals surface area contributed by atoms with Crippen LogP contribution in [0.15, 0.2) is 12.3 Å². The van der Waals surface area contributed by atoms with Crippen molar-refractivity contribution in [3.8, 4) is 0 Å². The quantitative estimate of drug-likeness (QED) is 0.616. The summed E-state index contributed by atoms with van der Waals surface area (Å²) in [4.78, 5) is 15.6. The summed E-state index contributed by atoms with van der Waals surface area (Å²) in [5, 5.41) is 1.10. The number of anilines is 1. The zero-order chi connectivity index (χ0) is 11.0. The lowest BCUT2D eigenvalue weighted by Crippen LogP contribution is -2.01. The third kappa shape index (κ3) is 1.64. The van der Waals surface area contributed by atoms with E-state index in [1.807, 2.05) is 0 Å². The molecule has 78 valence electrons. The number of carbonyl (C=O) groups excluding carboxylic acids is 1. The molecule has 0 amide bonds. The molecule has 2 rings (SSSR count). The maximum atomic E-state index is 11.3. The third-order valence-electron chi connectivity index (χ3n) is 1.95. The normalized spacial score (nSPS) is 10.5. The Morgan fingerprint density at radius 1 is 1.67 bits per heavy atom. The van der Waals surface area contributed by atoms with Gasteiger partial charge in [-0.3, -0.25) is 0 Å². The molecule has 0 saturated carbocycles. The van der Waals surface area contributed by atoms with Crippen LogP contribution >= 0.6 is 22.9 Å². The fourth-order valence-corrected chi connectivity index (χ4v) is 2.50. The highest BCUT2D eigenvalue weighted by Crippen LogP contribution is 2.34. The first-order valence-electron chi connectivity index (χ1n) is 4.05. The number of methoxy groups -OCH3 is 1. The highest BCUT2D eigenvalue weighted by molar-refractivity contribution is 7.21.